The quantitative estimate of drug-likeness (QED) is 0.0156. The van der Waals surface area contributed by atoms with E-state index in [4.69, 9.17) is 28.4 Å². The number of hydrogen-bond donors (Lipinski definition) is 9. The van der Waals surface area contributed by atoms with Crippen LogP contribution in [0.2, 0.25) is 34.1 Å². The monoisotopic (exact) mass is 1500 g/mol. The minimum atomic E-state index is -0.471. The SMILES string of the molecule is CB(O)c1ccc(/C=C/c2cc(O)cc(O)c2)cc1.CB(O)c1ccc(/C=C/c2cc(OCCN(C)C)cc(OCCN(C)C)c2)cc1.CB(O)c1ccc(/C=C\c2cc(O)cc(O)c2)cc1.CCOc1cc(/C=C/c2ccc(B(C)O)cc2)cc(OCC)c1.COc1cc(/C=C/c2ccc(B(C)O)cc2)cc(OC)c1. The smallest absolute Gasteiger partial charge is 0.320 e. The molecular formula is C89H105B5N2O15. The maximum Gasteiger partial charge on any atom is 0.320 e. The molecule has 111 heavy (non-hydrogen) atoms. The van der Waals surface area contributed by atoms with Crippen LogP contribution in [0, 0.1) is 0 Å². The van der Waals surface area contributed by atoms with Crippen molar-refractivity contribution >= 4 is 123 Å². The van der Waals surface area contributed by atoms with Crippen molar-refractivity contribution < 1.29 is 74.0 Å². The molecule has 0 atom stereocenters. The lowest BCUT2D eigenvalue weighted by Crippen LogP contribution is -2.25. The van der Waals surface area contributed by atoms with Gasteiger partial charge in [-0.2, -0.15) is 0 Å². The van der Waals surface area contributed by atoms with Crippen LogP contribution >= 0.6 is 0 Å². The van der Waals surface area contributed by atoms with Crippen LogP contribution in [0.5, 0.6) is 57.5 Å². The van der Waals surface area contributed by atoms with Gasteiger partial charge in [-0.3, -0.25) is 0 Å². The zero-order chi connectivity index (χ0) is 80.8. The summed E-state index contributed by atoms with van der Waals surface area (Å²) in [4.78, 5) is 4.18. The third-order valence-electron chi connectivity index (χ3n) is 16.7. The summed E-state index contributed by atoms with van der Waals surface area (Å²) in [5, 5.41) is 85.0. The van der Waals surface area contributed by atoms with Gasteiger partial charge in [-0.25, -0.2) is 0 Å². The van der Waals surface area contributed by atoms with Crippen LogP contribution in [0.3, 0.4) is 0 Å². The van der Waals surface area contributed by atoms with Crippen LogP contribution < -0.4 is 55.7 Å². The highest BCUT2D eigenvalue weighted by atomic mass is 16.5. The van der Waals surface area contributed by atoms with Crippen molar-refractivity contribution in [2.75, 3.05) is 81.9 Å². The van der Waals surface area contributed by atoms with Gasteiger partial charge in [0.2, 0.25) is 0 Å². The summed E-state index contributed by atoms with van der Waals surface area (Å²) in [5.74, 6) is 4.88. The molecule has 0 unspecified atom stereocenters. The van der Waals surface area contributed by atoms with E-state index in [1.165, 1.54) is 12.1 Å². The van der Waals surface area contributed by atoms with E-state index < -0.39 is 34.6 Å². The fourth-order valence-corrected chi connectivity index (χ4v) is 10.5. The van der Waals surface area contributed by atoms with Crippen LogP contribution in [0.25, 0.3) is 60.8 Å². The van der Waals surface area contributed by atoms with Crippen molar-refractivity contribution in [1.29, 1.82) is 0 Å². The predicted octanol–water partition coefficient (Wildman–Crippen LogP) is 12.9. The first-order chi connectivity index (χ1) is 53.1. The molecule has 10 rings (SSSR count). The summed E-state index contributed by atoms with van der Waals surface area (Å²) in [7, 11) is 11.4. The van der Waals surface area contributed by atoms with Crippen LogP contribution in [0.1, 0.15) is 69.5 Å². The standard InChI is InChI=1S/C23H33BN2O3.C19H23BO3.C17H19BO3.2C15H15BO3/c1-24(27)21-10-8-19(9-11-21)6-7-20-16-22(28-14-12-25(2)3)18-23(17-20)29-15-13-26(4)5;1-4-22-18-12-16(13-19(14-18)23-5-2)7-6-15-8-10-17(11-9-15)20(3)21;1-18(19)15-8-6-13(7-9-15)4-5-14-10-16(20-2)12-17(11-14)21-3;2*1-16(19)13-6-4-11(5-7-13)2-3-12-8-14(17)10-15(18)9-12/h6-11,16-18,27H,12-15H2,1-5H3;6-14,21H,4-5H2,1-3H3;4-12,19H,1-3H3;2*2-10,17-19H,1H3/b2*7-6+;5-4+;3-2+;3-2-. The molecule has 10 aromatic carbocycles. The molecule has 10 aromatic rings. The van der Waals surface area contributed by atoms with Crippen molar-refractivity contribution in [3.8, 4) is 57.5 Å². The molecule has 0 saturated carbocycles. The Morgan fingerprint density at radius 3 is 0.649 bits per heavy atom. The summed E-state index contributed by atoms with van der Waals surface area (Å²) >= 11 is 0. The van der Waals surface area contributed by atoms with Gasteiger partial charge in [0.1, 0.15) is 70.7 Å². The average molecular weight is 1500 g/mol. The molecule has 0 aliphatic rings. The number of likely N-dealkylation sites (N-methyl/N-ethyl adjacent to an activating group) is 2. The largest absolute Gasteiger partial charge is 0.508 e. The molecule has 0 aromatic heterocycles. The normalized spacial score (nSPS) is 11.0. The first kappa shape index (κ1) is 88.8. The molecule has 0 radical (unpaired) electrons. The molecular weight excluding hydrogens is 1390 g/mol. The number of phenols is 4. The minimum Gasteiger partial charge on any atom is -0.508 e. The van der Waals surface area contributed by atoms with Gasteiger partial charge in [-0.05, 0) is 186 Å². The predicted molar refractivity (Wildman–Crippen MR) is 467 cm³/mol. The van der Waals surface area contributed by atoms with Gasteiger partial charge < -0.3 is 83.8 Å². The molecule has 0 bridgehead atoms. The number of nitrogens with zero attached hydrogens (tertiary/aromatic N) is 2. The Morgan fingerprint density at radius 1 is 0.261 bits per heavy atom. The second kappa shape index (κ2) is 47.1. The van der Waals surface area contributed by atoms with Gasteiger partial charge in [0, 0.05) is 43.4 Å². The van der Waals surface area contributed by atoms with Crippen LogP contribution in [0.4, 0.5) is 0 Å². The number of hydrogen-bond acceptors (Lipinski definition) is 17. The van der Waals surface area contributed by atoms with E-state index in [-0.39, 0.29) is 23.0 Å². The molecule has 576 valence electrons. The molecule has 0 amide bonds. The van der Waals surface area contributed by atoms with Gasteiger partial charge in [0.15, 0.2) is 0 Å². The molecule has 22 heteroatoms. The van der Waals surface area contributed by atoms with Gasteiger partial charge in [-0.15, -0.1) is 0 Å². The molecule has 17 nitrogen and oxygen atoms in total. The van der Waals surface area contributed by atoms with Crippen LogP contribution in [0.15, 0.2) is 212 Å². The summed E-state index contributed by atoms with van der Waals surface area (Å²) < 4.78 is 33.5. The Hall–Kier alpha value is -11.1. The Balaban J connectivity index is 0.000000218. The Kier molecular flexibility index (Phi) is 37.7. The van der Waals surface area contributed by atoms with E-state index in [9.17, 15) is 45.5 Å². The summed E-state index contributed by atoms with van der Waals surface area (Å²) in [6.45, 7) is 14.6. The van der Waals surface area contributed by atoms with E-state index >= 15 is 0 Å². The second-order valence-corrected chi connectivity index (χ2v) is 26.7. The lowest BCUT2D eigenvalue weighted by Gasteiger charge is -2.14. The number of ether oxygens (including phenoxy) is 6. The lowest BCUT2D eigenvalue weighted by atomic mass is 9.64. The minimum absolute atomic E-state index is 0.0316. The zero-order valence-electron chi connectivity index (χ0n) is 66.0. The molecule has 0 heterocycles. The summed E-state index contributed by atoms with van der Waals surface area (Å²) in [6, 6.07) is 65.1. The molecule has 9 N–H and O–H groups in total. The van der Waals surface area contributed by atoms with E-state index in [0.717, 1.165) is 131 Å². The maximum atomic E-state index is 9.64. The highest BCUT2D eigenvalue weighted by Gasteiger charge is 2.12. The zero-order valence-corrected chi connectivity index (χ0v) is 66.0. The molecule has 0 aliphatic heterocycles. The second-order valence-electron chi connectivity index (χ2n) is 26.7. The van der Waals surface area contributed by atoms with E-state index in [1.54, 1.807) is 84.8 Å². The van der Waals surface area contributed by atoms with Crippen molar-refractivity contribution in [2.45, 2.75) is 48.0 Å². The van der Waals surface area contributed by atoms with Crippen LogP contribution in [-0.4, -0.2) is 172 Å². The fourth-order valence-electron chi connectivity index (χ4n) is 10.5. The first-order valence-corrected chi connectivity index (χ1v) is 36.9. The molecule has 0 fully saturated rings. The number of benzene rings is 10. The van der Waals surface area contributed by atoms with Crippen molar-refractivity contribution in [3.05, 3.63) is 268 Å². The Bertz CT molecular complexity index is 4340. The highest BCUT2D eigenvalue weighted by molar-refractivity contribution is 6.66. The van der Waals surface area contributed by atoms with E-state index in [1.807, 2.05) is 260 Å². The van der Waals surface area contributed by atoms with Gasteiger partial charge in [-0.1, -0.05) is 216 Å². The van der Waals surface area contributed by atoms with Crippen molar-refractivity contribution in [3.63, 3.8) is 0 Å². The maximum absolute atomic E-state index is 9.64. The van der Waals surface area contributed by atoms with Gasteiger partial charge >= 0.3 is 34.6 Å². The Morgan fingerprint density at radius 2 is 0.450 bits per heavy atom. The number of phenolic OH excluding ortho intramolecular Hbond substituents is 4. The number of rotatable bonds is 29. The number of methoxy groups -OCH3 is 2. The summed E-state index contributed by atoms with van der Waals surface area (Å²) in [5.41, 5.74) is 14.1. The average Bonchev–Trinajstić information content (AvgIpc) is 0.695. The molecule has 0 saturated heterocycles. The van der Waals surface area contributed by atoms with E-state index in [0.29, 0.717) is 26.4 Å². The number of aromatic hydroxyl groups is 4. The third kappa shape index (κ3) is 33.8. The summed E-state index contributed by atoms with van der Waals surface area (Å²) in [6.07, 6.45) is 19.5. The first-order valence-electron chi connectivity index (χ1n) is 36.9. The lowest BCUT2D eigenvalue weighted by molar-refractivity contribution is 0.251. The molecule has 0 spiro atoms. The Labute approximate surface area is 658 Å². The van der Waals surface area contributed by atoms with E-state index in [2.05, 4.69) is 15.9 Å². The molecule has 0 aliphatic carbocycles. The topological polar surface area (TPSA) is 244 Å². The van der Waals surface area contributed by atoms with Gasteiger partial charge in [0.25, 0.3) is 0 Å². The van der Waals surface area contributed by atoms with Gasteiger partial charge in [0.05, 0.1) is 27.4 Å². The fraction of sp³-hybridized carbons (Fsp3) is 0.213. The van der Waals surface area contributed by atoms with Crippen molar-refractivity contribution in [2.24, 2.45) is 0 Å². The van der Waals surface area contributed by atoms with Crippen molar-refractivity contribution in [1.82, 2.24) is 9.80 Å². The van der Waals surface area contributed by atoms with Crippen LogP contribution in [-0.2, 0) is 0 Å². The third-order valence-corrected chi connectivity index (χ3v) is 16.7. The highest BCUT2D eigenvalue weighted by Crippen LogP contribution is 2.29.